The summed E-state index contributed by atoms with van der Waals surface area (Å²) in [4.78, 5) is 0. The zero-order chi connectivity index (χ0) is 8.10. The van der Waals surface area contributed by atoms with E-state index in [9.17, 15) is 0 Å². The Kier molecular flexibility index (Phi) is 2.51. The molecule has 0 fully saturated rings. The van der Waals surface area contributed by atoms with Crippen LogP contribution in [0, 0.1) is 17.4 Å². The van der Waals surface area contributed by atoms with Crippen molar-refractivity contribution in [2.24, 2.45) is 0 Å². The van der Waals surface area contributed by atoms with Gasteiger partial charge in [-0.2, -0.15) is 5.26 Å². The van der Waals surface area contributed by atoms with Gasteiger partial charge in [0.1, 0.15) is 11.8 Å². The van der Waals surface area contributed by atoms with Crippen LogP contribution in [0.4, 0.5) is 0 Å². The Morgan fingerprint density at radius 3 is 3.18 bits per heavy atom. The van der Waals surface area contributed by atoms with E-state index in [0.29, 0.717) is 17.9 Å². The zero-order valence-electron chi connectivity index (χ0n) is 6.29. The monoisotopic (exact) mass is 146 g/mol. The van der Waals surface area contributed by atoms with Gasteiger partial charge in [-0.25, -0.2) is 0 Å². The number of rotatable bonds is 2. The van der Waals surface area contributed by atoms with Crippen molar-refractivity contribution in [1.29, 1.82) is 5.26 Å². The highest BCUT2D eigenvalue weighted by atomic mass is 16.5. The van der Waals surface area contributed by atoms with Crippen molar-refractivity contribution in [1.82, 2.24) is 0 Å². The first-order chi connectivity index (χ1) is 5.38. The van der Waals surface area contributed by atoms with Crippen molar-refractivity contribution >= 4 is 0 Å². The van der Waals surface area contributed by atoms with Crippen molar-refractivity contribution in [3.63, 3.8) is 0 Å². The summed E-state index contributed by atoms with van der Waals surface area (Å²) in [6.07, 6.45) is 0. The molecule has 0 saturated carbocycles. The molecule has 0 N–H and O–H groups in total. The summed E-state index contributed by atoms with van der Waals surface area (Å²) in [5, 5.41) is 8.60. The average Bonchev–Trinajstić information content (AvgIpc) is 2.06. The van der Waals surface area contributed by atoms with E-state index in [-0.39, 0.29) is 0 Å². The second-order valence-electron chi connectivity index (χ2n) is 1.97. The lowest BCUT2D eigenvalue weighted by molar-refractivity contribution is 0.339. The van der Waals surface area contributed by atoms with E-state index in [1.807, 2.05) is 13.0 Å². The lowest BCUT2D eigenvalue weighted by Gasteiger charge is -2.02. The average molecular weight is 146 g/mol. The summed E-state index contributed by atoms with van der Waals surface area (Å²) in [5.74, 6) is 0.609. The highest BCUT2D eigenvalue weighted by Crippen LogP contribution is 2.15. The third-order valence-corrected chi connectivity index (χ3v) is 1.25. The molecular formula is C9H8NO. The predicted molar refractivity (Wildman–Crippen MR) is 41.2 cm³/mol. The van der Waals surface area contributed by atoms with Gasteiger partial charge >= 0.3 is 0 Å². The maximum atomic E-state index is 8.60. The van der Waals surface area contributed by atoms with Gasteiger partial charge in [0.05, 0.1) is 12.2 Å². The highest BCUT2D eigenvalue weighted by molar-refractivity contribution is 5.41. The van der Waals surface area contributed by atoms with Crippen LogP contribution in [0.1, 0.15) is 12.5 Å². The maximum Gasteiger partial charge on any atom is 0.137 e. The van der Waals surface area contributed by atoms with E-state index >= 15 is 0 Å². The fraction of sp³-hybridized carbons (Fsp3) is 0.222. The summed E-state index contributed by atoms with van der Waals surface area (Å²) in [6, 6.07) is 9.93. The number of nitriles is 1. The second-order valence-corrected chi connectivity index (χ2v) is 1.97. The second kappa shape index (κ2) is 3.62. The third kappa shape index (κ3) is 1.71. The van der Waals surface area contributed by atoms with Crippen LogP contribution in [-0.2, 0) is 0 Å². The molecule has 0 atom stereocenters. The van der Waals surface area contributed by atoms with Gasteiger partial charge in [-0.15, -0.1) is 0 Å². The van der Waals surface area contributed by atoms with Gasteiger partial charge in [0.25, 0.3) is 0 Å². The Morgan fingerprint density at radius 1 is 1.73 bits per heavy atom. The van der Waals surface area contributed by atoms with E-state index in [2.05, 4.69) is 6.07 Å². The molecule has 2 nitrogen and oxygen atoms in total. The van der Waals surface area contributed by atoms with Crippen molar-refractivity contribution in [3.8, 4) is 11.8 Å². The number of hydrogen-bond acceptors (Lipinski definition) is 2. The molecule has 0 bridgehead atoms. The quantitative estimate of drug-likeness (QED) is 0.636. The van der Waals surface area contributed by atoms with Gasteiger partial charge in [-0.05, 0) is 25.1 Å². The largest absolute Gasteiger partial charge is 0.492 e. The van der Waals surface area contributed by atoms with Crippen molar-refractivity contribution in [2.75, 3.05) is 6.61 Å². The van der Waals surface area contributed by atoms with Crippen LogP contribution in [0.3, 0.4) is 0 Å². The van der Waals surface area contributed by atoms with Gasteiger partial charge in [0.2, 0.25) is 0 Å². The first-order valence-corrected chi connectivity index (χ1v) is 3.41. The molecule has 1 aromatic rings. The maximum absolute atomic E-state index is 8.60. The predicted octanol–water partition coefficient (Wildman–Crippen LogP) is 1.76. The van der Waals surface area contributed by atoms with Gasteiger partial charge in [0.15, 0.2) is 0 Å². The lowest BCUT2D eigenvalue weighted by atomic mass is 10.2. The van der Waals surface area contributed by atoms with E-state index in [4.69, 9.17) is 10.00 Å². The molecule has 0 aliphatic heterocycles. The smallest absolute Gasteiger partial charge is 0.137 e. The molecule has 0 unspecified atom stereocenters. The zero-order valence-corrected chi connectivity index (χ0v) is 6.29. The first kappa shape index (κ1) is 7.62. The fourth-order valence-electron chi connectivity index (χ4n) is 0.782. The Bertz CT molecular complexity index is 275. The number of hydrogen-bond donors (Lipinski definition) is 0. The first-order valence-electron chi connectivity index (χ1n) is 3.41. The molecule has 2 heteroatoms. The highest BCUT2D eigenvalue weighted by Gasteiger charge is 1.98. The minimum Gasteiger partial charge on any atom is -0.492 e. The Morgan fingerprint density at radius 2 is 2.55 bits per heavy atom. The summed E-state index contributed by atoms with van der Waals surface area (Å²) in [5.41, 5.74) is 0.561. The molecular weight excluding hydrogens is 138 g/mol. The molecule has 0 aliphatic carbocycles. The molecule has 0 heterocycles. The van der Waals surface area contributed by atoms with Crippen LogP contribution in [0.25, 0.3) is 0 Å². The lowest BCUT2D eigenvalue weighted by Crippen LogP contribution is -1.93. The van der Waals surface area contributed by atoms with Crippen molar-refractivity contribution < 1.29 is 4.74 Å². The summed E-state index contributed by atoms with van der Waals surface area (Å²) in [6.45, 7) is 2.46. The van der Waals surface area contributed by atoms with Crippen LogP contribution in [0.15, 0.2) is 18.2 Å². The van der Waals surface area contributed by atoms with Crippen molar-refractivity contribution in [2.45, 2.75) is 6.92 Å². The SMILES string of the molecule is CCOc1c[c]ccc1C#N. The number of benzene rings is 1. The van der Waals surface area contributed by atoms with E-state index in [0.717, 1.165) is 0 Å². The van der Waals surface area contributed by atoms with Crippen LogP contribution in [0.5, 0.6) is 5.75 Å². The van der Waals surface area contributed by atoms with Gasteiger partial charge in [-0.3, -0.25) is 0 Å². The summed E-state index contributed by atoms with van der Waals surface area (Å²) < 4.78 is 5.17. The summed E-state index contributed by atoms with van der Waals surface area (Å²) >= 11 is 0. The van der Waals surface area contributed by atoms with Gasteiger partial charge in [0, 0.05) is 0 Å². The van der Waals surface area contributed by atoms with Crippen LogP contribution < -0.4 is 4.74 Å². The van der Waals surface area contributed by atoms with Crippen molar-refractivity contribution in [3.05, 3.63) is 29.8 Å². The van der Waals surface area contributed by atoms with Crippen LogP contribution >= 0.6 is 0 Å². The van der Waals surface area contributed by atoms with E-state index in [1.165, 1.54) is 0 Å². The molecule has 0 aromatic heterocycles. The fourth-order valence-corrected chi connectivity index (χ4v) is 0.782. The van der Waals surface area contributed by atoms with Crippen LogP contribution in [0.2, 0.25) is 0 Å². The number of ether oxygens (including phenoxy) is 1. The minimum absolute atomic E-state index is 0.561. The van der Waals surface area contributed by atoms with Gasteiger partial charge < -0.3 is 4.74 Å². The summed E-state index contributed by atoms with van der Waals surface area (Å²) in [7, 11) is 0. The third-order valence-electron chi connectivity index (χ3n) is 1.25. The van der Waals surface area contributed by atoms with E-state index in [1.54, 1.807) is 18.2 Å². The molecule has 1 rings (SSSR count). The Hall–Kier alpha value is -1.49. The van der Waals surface area contributed by atoms with E-state index < -0.39 is 0 Å². The van der Waals surface area contributed by atoms with Gasteiger partial charge in [-0.1, -0.05) is 6.07 Å². The standard InChI is InChI=1S/C9H8NO/c1-2-11-9-6-4-3-5-8(9)7-10/h3,5-6H,2H2,1H3. The number of nitrogens with zero attached hydrogens (tertiary/aromatic N) is 1. The topological polar surface area (TPSA) is 33.0 Å². The molecule has 1 radical (unpaired) electrons. The normalized spacial score (nSPS) is 8.73. The van der Waals surface area contributed by atoms with Crippen LogP contribution in [-0.4, -0.2) is 6.61 Å². The molecule has 0 saturated heterocycles. The molecule has 11 heavy (non-hydrogen) atoms. The molecule has 0 spiro atoms. The molecule has 0 aliphatic rings. The molecule has 1 aromatic carbocycles. The molecule has 55 valence electrons. The Balaban J connectivity index is 2.95. The molecule has 0 amide bonds. The minimum atomic E-state index is 0.561. The Labute approximate surface area is 66.0 Å².